The van der Waals surface area contributed by atoms with Gasteiger partial charge in [0, 0.05) is 29.4 Å². The fourth-order valence-corrected chi connectivity index (χ4v) is 3.50. The van der Waals surface area contributed by atoms with Crippen molar-refractivity contribution in [2.75, 3.05) is 0 Å². The Labute approximate surface area is 181 Å². The standard InChI is InChI=1S/C24H28N4O3/c1-15-9-10-21-20(13-15)19(17(3)25-21)14-24(31)28-27-23(30)12-11-22(29)26-16(2)18-7-5-4-6-8-18/h4-10,13,16,25H,11-12,14H2,1-3H3,(H,26,29)(H,27,30)(H,28,31)/t16-/m0/s1. The van der Waals surface area contributed by atoms with Crippen molar-refractivity contribution >= 4 is 28.6 Å². The molecular formula is C24H28N4O3. The number of aryl methyl sites for hydroxylation is 2. The summed E-state index contributed by atoms with van der Waals surface area (Å²) < 4.78 is 0. The Kier molecular flexibility index (Phi) is 7.07. The van der Waals surface area contributed by atoms with Crippen LogP contribution in [0, 0.1) is 13.8 Å². The lowest BCUT2D eigenvalue weighted by atomic mass is 10.1. The van der Waals surface area contributed by atoms with Gasteiger partial charge < -0.3 is 10.3 Å². The van der Waals surface area contributed by atoms with Crippen molar-refractivity contribution < 1.29 is 14.4 Å². The molecule has 0 aliphatic heterocycles. The highest BCUT2D eigenvalue weighted by Crippen LogP contribution is 2.23. The molecule has 3 amide bonds. The number of hydrogen-bond donors (Lipinski definition) is 4. The van der Waals surface area contributed by atoms with Gasteiger partial charge in [-0.2, -0.15) is 0 Å². The zero-order chi connectivity index (χ0) is 22.4. The maximum atomic E-state index is 12.3. The number of aromatic nitrogens is 1. The van der Waals surface area contributed by atoms with Crippen LogP contribution in [0.2, 0.25) is 0 Å². The summed E-state index contributed by atoms with van der Waals surface area (Å²) in [5.74, 6) is -0.953. The van der Waals surface area contributed by atoms with Crippen LogP contribution in [0.25, 0.3) is 10.9 Å². The molecule has 3 aromatic rings. The number of hydrogen-bond acceptors (Lipinski definition) is 3. The molecule has 0 saturated heterocycles. The highest BCUT2D eigenvalue weighted by molar-refractivity contribution is 5.91. The predicted molar refractivity (Wildman–Crippen MR) is 120 cm³/mol. The first-order chi connectivity index (χ1) is 14.8. The molecule has 7 nitrogen and oxygen atoms in total. The minimum atomic E-state index is -0.414. The Bertz CT molecular complexity index is 1090. The van der Waals surface area contributed by atoms with E-state index in [1.54, 1.807) is 0 Å². The lowest BCUT2D eigenvalue weighted by molar-refractivity contribution is -0.130. The van der Waals surface area contributed by atoms with Crippen LogP contribution in [0.3, 0.4) is 0 Å². The Morgan fingerprint density at radius 1 is 0.903 bits per heavy atom. The van der Waals surface area contributed by atoms with Gasteiger partial charge in [-0.1, -0.05) is 42.0 Å². The largest absolute Gasteiger partial charge is 0.358 e. The molecule has 0 bridgehead atoms. The summed E-state index contributed by atoms with van der Waals surface area (Å²) in [7, 11) is 0. The van der Waals surface area contributed by atoms with Crippen LogP contribution in [0.15, 0.2) is 48.5 Å². The molecule has 1 aromatic heterocycles. The topological polar surface area (TPSA) is 103 Å². The van der Waals surface area contributed by atoms with E-state index in [4.69, 9.17) is 0 Å². The zero-order valence-corrected chi connectivity index (χ0v) is 18.0. The van der Waals surface area contributed by atoms with Gasteiger partial charge in [-0.25, -0.2) is 0 Å². The molecule has 1 atom stereocenters. The van der Waals surface area contributed by atoms with Gasteiger partial charge in [-0.05, 0) is 44.0 Å². The first-order valence-electron chi connectivity index (χ1n) is 10.3. The summed E-state index contributed by atoms with van der Waals surface area (Å²) in [6.45, 7) is 5.82. The van der Waals surface area contributed by atoms with E-state index in [0.29, 0.717) is 0 Å². The van der Waals surface area contributed by atoms with E-state index in [1.807, 2.05) is 69.3 Å². The van der Waals surface area contributed by atoms with Crippen LogP contribution in [-0.4, -0.2) is 22.7 Å². The van der Waals surface area contributed by atoms with Crippen molar-refractivity contribution in [1.82, 2.24) is 21.2 Å². The van der Waals surface area contributed by atoms with Crippen LogP contribution in [-0.2, 0) is 20.8 Å². The number of nitrogens with one attached hydrogen (secondary N) is 4. The maximum Gasteiger partial charge on any atom is 0.242 e. The van der Waals surface area contributed by atoms with E-state index < -0.39 is 5.91 Å². The molecule has 0 spiro atoms. The van der Waals surface area contributed by atoms with Gasteiger partial charge in [0.1, 0.15) is 0 Å². The van der Waals surface area contributed by atoms with Crippen molar-refractivity contribution in [3.63, 3.8) is 0 Å². The molecule has 4 N–H and O–H groups in total. The Balaban J connectivity index is 1.43. The van der Waals surface area contributed by atoms with Gasteiger partial charge in [0.15, 0.2) is 0 Å². The third-order valence-corrected chi connectivity index (χ3v) is 5.21. The van der Waals surface area contributed by atoms with Crippen LogP contribution >= 0.6 is 0 Å². The molecule has 2 aromatic carbocycles. The normalized spacial score (nSPS) is 11.7. The molecule has 0 aliphatic carbocycles. The summed E-state index contributed by atoms with van der Waals surface area (Å²) in [4.78, 5) is 39.7. The summed E-state index contributed by atoms with van der Waals surface area (Å²) in [6.07, 6.45) is 0.170. The highest BCUT2D eigenvalue weighted by Gasteiger charge is 2.14. The van der Waals surface area contributed by atoms with Crippen LogP contribution in [0.4, 0.5) is 0 Å². The molecule has 3 rings (SSSR count). The molecule has 1 heterocycles. The molecule has 31 heavy (non-hydrogen) atoms. The molecule has 0 fully saturated rings. The molecule has 0 unspecified atom stereocenters. The summed E-state index contributed by atoms with van der Waals surface area (Å²) in [5.41, 5.74) is 9.73. The van der Waals surface area contributed by atoms with Gasteiger partial charge in [0.25, 0.3) is 0 Å². The van der Waals surface area contributed by atoms with Crippen molar-refractivity contribution in [2.45, 2.75) is 46.1 Å². The quantitative estimate of drug-likeness (QED) is 0.442. The fraction of sp³-hybridized carbons (Fsp3) is 0.292. The molecule has 0 aliphatic rings. The van der Waals surface area contributed by atoms with E-state index >= 15 is 0 Å². The van der Waals surface area contributed by atoms with Crippen molar-refractivity contribution in [2.24, 2.45) is 0 Å². The van der Waals surface area contributed by atoms with Gasteiger partial charge in [0.05, 0.1) is 12.5 Å². The lowest BCUT2D eigenvalue weighted by Gasteiger charge is -2.14. The van der Waals surface area contributed by atoms with E-state index in [0.717, 1.165) is 33.3 Å². The highest BCUT2D eigenvalue weighted by atomic mass is 16.2. The van der Waals surface area contributed by atoms with Crippen molar-refractivity contribution in [1.29, 1.82) is 0 Å². The Morgan fingerprint density at radius 2 is 1.58 bits per heavy atom. The second-order valence-corrected chi connectivity index (χ2v) is 7.75. The number of rotatable bonds is 7. The van der Waals surface area contributed by atoms with Crippen LogP contribution < -0.4 is 16.2 Å². The smallest absolute Gasteiger partial charge is 0.242 e. The van der Waals surface area contributed by atoms with Gasteiger partial charge >= 0.3 is 0 Å². The first kappa shape index (κ1) is 22.1. The summed E-state index contributed by atoms with van der Waals surface area (Å²) in [5, 5.41) is 3.87. The Hall–Kier alpha value is -3.61. The first-order valence-corrected chi connectivity index (χ1v) is 10.3. The Morgan fingerprint density at radius 3 is 2.32 bits per heavy atom. The molecule has 7 heteroatoms. The number of aromatic amines is 1. The van der Waals surface area contributed by atoms with Gasteiger partial charge in [0.2, 0.25) is 17.7 Å². The summed E-state index contributed by atoms with van der Waals surface area (Å²) >= 11 is 0. The van der Waals surface area contributed by atoms with Gasteiger partial charge in [-0.15, -0.1) is 0 Å². The maximum absolute atomic E-state index is 12.3. The second kappa shape index (κ2) is 9.93. The number of benzene rings is 2. The number of fused-ring (bicyclic) bond motifs is 1. The van der Waals surface area contributed by atoms with E-state index in [1.165, 1.54) is 0 Å². The van der Waals surface area contributed by atoms with Crippen molar-refractivity contribution in [3.05, 3.63) is 70.9 Å². The SMILES string of the molecule is Cc1ccc2[nH]c(C)c(CC(=O)NNC(=O)CCC(=O)N[C@@H](C)c3ccccc3)c2c1. The van der Waals surface area contributed by atoms with Crippen LogP contribution in [0.5, 0.6) is 0 Å². The number of hydrazine groups is 1. The number of H-pyrrole nitrogens is 1. The second-order valence-electron chi connectivity index (χ2n) is 7.75. The number of carbonyl (C=O) groups is 3. The minimum absolute atomic E-state index is 0.0149. The fourth-order valence-electron chi connectivity index (χ4n) is 3.50. The molecule has 162 valence electrons. The zero-order valence-electron chi connectivity index (χ0n) is 18.0. The van der Waals surface area contributed by atoms with Crippen LogP contribution in [0.1, 0.15) is 48.2 Å². The third kappa shape index (κ3) is 5.94. The average Bonchev–Trinajstić information content (AvgIpc) is 3.05. The molecule has 0 saturated carbocycles. The lowest BCUT2D eigenvalue weighted by Crippen LogP contribution is -2.42. The monoisotopic (exact) mass is 420 g/mol. The summed E-state index contributed by atoms with van der Waals surface area (Å²) in [6, 6.07) is 15.5. The minimum Gasteiger partial charge on any atom is -0.358 e. The average molecular weight is 421 g/mol. The number of carbonyl (C=O) groups excluding carboxylic acids is 3. The third-order valence-electron chi connectivity index (χ3n) is 5.21. The molecule has 0 radical (unpaired) electrons. The van der Waals surface area contributed by atoms with E-state index in [-0.39, 0.29) is 37.1 Å². The van der Waals surface area contributed by atoms with E-state index in [2.05, 4.69) is 21.2 Å². The van der Waals surface area contributed by atoms with Crippen molar-refractivity contribution in [3.8, 4) is 0 Å². The predicted octanol–water partition coefficient (Wildman–Crippen LogP) is 3.13. The van der Waals surface area contributed by atoms with Gasteiger partial charge in [-0.3, -0.25) is 25.2 Å². The van der Waals surface area contributed by atoms with E-state index in [9.17, 15) is 14.4 Å². The number of amides is 3. The molecular weight excluding hydrogens is 392 g/mol.